The van der Waals surface area contributed by atoms with Gasteiger partial charge in [-0.1, -0.05) is 0 Å². The van der Waals surface area contributed by atoms with Crippen LogP contribution in [0, 0.1) is 0 Å². The van der Waals surface area contributed by atoms with Crippen molar-refractivity contribution in [3.8, 4) is 11.3 Å². The zero-order chi connectivity index (χ0) is 13.9. The number of guanidine groups is 1. The van der Waals surface area contributed by atoms with Crippen molar-refractivity contribution in [2.24, 2.45) is 21.7 Å². The van der Waals surface area contributed by atoms with E-state index in [1.165, 1.54) is 0 Å². The number of nitrogens with zero attached hydrogens (tertiary/aromatic N) is 5. The maximum atomic E-state index is 5.26. The molecule has 4 N–H and O–H groups in total. The third-order valence-corrected chi connectivity index (χ3v) is 3.34. The van der Waals surface area contributed by atoms with Crippen molar-refractivity contribution in [3.05, 3.63) is 41.8 Å². The van der Waals surface area contributed by atoms with Crippen LogP contribution in [0.25, 0.3) is 16.2 Å². The Morgan fingerprint density at radius 1 is 1.38 bits per heavy atom. The summed E-state index contributed by atoms with van der Waals surface area (Å²) in [5, 5.41) is 9.43. The first-order chi connectivity index (χ1) is 9.75. The number of rotatable bonds is 3. The Morgan fingerprint density at radius 3 is 2.95 bits per heavy atom. The van der Waals surface area contributed by atoms with Crippen LogP contribution >= 0.6 is 23.7 Å². The molecule has 0 aromatic carbocycles. The number of hydrogen-bond donors (Lipinski definition) is 2. The zero-order valence-electron chi connectivity index (χ0n) is 10.7. The van der Waals surface area contributed by atoms with E-state index in [0.717, 1.165) is 21.9 Å². The van der Waals surface area contributed by atoms with E-state index in [4.69, 9.17) is 11.5 Å². The standard InChI is InChI=1S/C12H11N7S.ClH/c13-11(14)18-16-7-9-10(8-2-1-3-15-6-8)17-12-19(9)4-5-20-12;/h1-7H,(H4,13,14,18);1H/b16-7+;. The van der Waals surface area contributed by atoms with E-state index in [1.54, 1.807) is 29.9 Å². The average molecular weight is 322 g/mol. The van der Waals surface area contributed by atoms with Gasteiger partial charge >= 0.3 is 0 Å². The molecule has 0 bridgehead atoms. The third kappa shape index (κ3) is 3.01. The topological polar surface area (TPSA) is 107 Å². The van der Waals surface area contributed by atoms with Gasteiger partial charge in [-0.05, 0) is 12.1 Å². The number of nitrogens with two attached hydrogens (primary N) is 2. The molecule has 0 saturated heterocycles. The van der Waals surface area contributed by atoms with Gasteiger partial charge in [-0.2, -0.15) is 5.10 Å². The minimum atomic E-state index is -0.0877. The lowest BCUT2D eigenvalue weighted by molar-refractivity contribution is 1.18. The molecule has 0 aliphatic carbocycles. The molecular formula is C12H12ClN7S. The number of thiazole rings is 1. The van der Waals surface area contributed by atoms with Crippen LogP contribution in [-0.4, -0.2) is 26.5 Å². The van der Waals surface area contributed by atoms with Crippen molar-refractivity contribution in [3.63, 3.8) is 0 Å². The van der Waals surface area contributed by atoms with Crippen LogP contribution in [0.15, 0.2) is 46.3 Å². The molecule has 0 aliphatic heterocycles. The molecule has 0 saturated carbocycles. The lowest BCUT2D eigenvalue weighted by Crippen LogP contribution is -2.21. The summed E-state index contributed by atoms with van der Waals surface area (Å²) < 4.78 is 1.93. The molecule has 3 rings (SSSR count). The first-order valence-corrected chi connectivity index (χ1v) is 6.61. The van der Waals surface area contributed by atoms with Crippen molar-refractivity contribution in [1.82, 2.24) is 14.4 Å². The lowest BCUT2D eigenvalue weighted by atomic mass is 10.2. The fourth-order valence-corrected chi connectivity index (χ4v) is 2.51. The van der Waals surface area contributed by atoms with Crippen LogP contribution in [0.2, 0.25) is 0 Å². The summed E-state index contributed by atoms with van der Waals surface area (Å²) in [6, 6.07) is 3.80. The molecular weight excluding hydrogens is 310 g/mol. The van der Waals surface area contributed by atoms with E-state index >= 15 is 0 Å². The number of aromatic nitrogens is 3. The van der Waals surface area contributed by atoms with Crippen molar-refractivity contribution >= 4 is 40.9 Å². The second-order valence-corrected chi connectivity index (χ2v) is 4.79. The number of halogens is 1. The molecule has 21 heavy (non-hydrogen) atoms. The summed E-state index contributed by atoms with van der Waals surface area (Å²) >= 11 is 1.54. The Hall–Kier alpha value is -2.45. The second kappa shape index (κ2) is 6.33. The molecule has 3 heterocycles. The van der Waals surface area contributed by atoms with E-state index in [-0.39, 0.29) is 18.4 Å². The molecule has 0 atom stereocenters. The first-order valence-electron chi connectivity index (χ1n) is 5.73. The van der Waals surface area contributed by atoms with Gasteiger partial charge in [0.15, 0.2) is 4.96 Å². The molecule has 0 unspecified atom stereocenters. The van der Waals surface area contributed by atoms with Crippen LogP contribution in [0.1, 0.15) is 5.69 Å². The first kappa shape index (κ1) is 14.9. The molecule has 9 heteroatoms. The van der Waals surface area contributed by atoms with Gasteiger partial charge in [0.05, 0.1) is 11.9 Å². The molecule has 0 amide bonds. The predicted molar refractivity (Wildman–Crippen MR) is 87.0 cm³/mol. The third-order valence-electron chi connectivity index (χ3n) is 2.59. The molecule has 7 nitrogen and oxygen atoms in total. The van der Waals surface area contributed by atoms with Crippen molar-refractivity contribution in [1.29, 1.82) is 0 Å². The Morgan fingerprint density at radius 2 is 2.24 bits per heavy atom. The number of imidazole rings is 1. The van der Waals surface area contributed by atoms with Gasteiger partial charge in [-0.3, -0.25) is 9.38 Å². The molecule has 3 aromatic rings. The summed E-state index contributed by atoms with van der Waals surface area (Å²) in [4.78, 5) is 9.56. The van der Waals surface area contributed by atoms with Crippen molar-refractivity contribution < 1.29 is 0 Å². The maximum Gasteiger partial charge on any atom is 0.211 e. The molecule has 3 aromatic heterocycles. The fourth-order valence-electron chi connectivity index (χ4n) is 1.79. The minimum absolute atomic E-state index is 0. The van der Waals surface area contributed by atoms with Crippen LogP contribution in [-0.2, 0) is 0 Å². The normalized spacial score (nSPS) is 10.7. The maximum absolute atomic E-state index is 5.26. The highest BCUT2D eigenvalue weighted by molar-refractivity contribution is 7.15. The quantitative estimate of drug-likeness (QED) is 0.433. The van der Waals surface area contributed by atoms with E-state index in [9.17, 15) is 0 Å². The Balaban J connectivity index is 0.00000161. The molecule has 0 aliphatic rings. The highest BCUT2D eigenvalue weighted by Crippen LogP contribution is 2.24. The summed E-state index contributed by atoms with van der Waals surface area (Å²) in [7, 11) is 0. The highest BCUT2D eigenvalue weighted by Gasteiger charge is 2.13. The zero-order valence-corrected chi connectivity index (χ0v) is 12.4. The fraction of sp³-hybridized carbons (Fsp3) is 0. The Kier molecular flexibility index (Phi) is 4.51. The summed E-state index contributed by atoms with van der Waals surface area (Å²) in [5.74, 6) is -0.0877. The number of pyridine rings is 1. The van der Waals surface area contributed by atoms with Crippen molar-refractivity contribution in [2.45, 2.75) is 0 Å². The van der Waals surface area contributed by atoms with Gasteiger partial charge in [0, 0.05) is 29.5 Å². The highest BCUT2D eigenvalue weighted by atomic mass is 35.5. The van der Waals surface area contributed by atoms with Crippen LogP contribution in [0.3, 0.4) is 0 Å². The van der Waals surface area contributed by atoms with Crippen LogP contribution in [0.5, 0.6) is 0 Å². The van der Waals surface area contributed by atoms with Gasteiger partial charge in [-0.15, -0.1) is 28.8 Å². The SMILES string of the molecule is Cl.NC(N)=N/N=C/c1c(-c2cccnc2)nc2sccn12. The van der Waals surface area contributed by atoms with Gasteiger partial charge in [-0.25, -0.2) is 4.98 Å². The molecule has 0 radical (unpaired) electrons. The number of hydrogen-bond acceptors (Lipinski definition) is 5. The van der Waals surface area contributed by atoms with E-state index in [0.29, 0.717) is 0 Å². The molecule has 108 valence electrons. The largest absolute Gasteiger partial charge is 0.369 e. The Bertz CT molecular complexity index is 786. The van der Waals surface area contributed by atoms with E-state index in [2.05, 4.69) is 20.2 Å². The smallest absolute Gasteiger partial charge is 0.211 e. The van der Waals surface area contributed by atoms with Crippen LogP contribution < -0.4 is 11.5 Å². The summed E-state index contributed by atoms with van der Waals surface area (Å²) in [5.41, 5.74) is 13.0. The minimum Gasteiger partial charge on any atom is -0.369 e. The molecule has 0 spiro atoms. The molecule has 0 fully saturated rings. The van der Waals surface area contributed by atoms with Gasteiger partial charge in [0.1, 0.15) is 5.69 Å². The van der Waals surface area contributed by atoms with E-state index in [1.807, 2.05) is 28.1 Å². The summed E-state index contributed by atoms with van der Waals surface area (Å²) in [6.45, 7) is 0. The number of fused-ring (bicyclic) bond motifs is 1. The Labute approximate surface area is 130 Å². The second-order valence-electron chi connectivity index (χ2n) is 3.91. The lowest BCUT2D eigenvalue weighted by Gasteiger charge is -1.97. The monoisotopic (exact) mass is 321 g/mol. The van der Waals surface area contributed by atoms with E-state index < -0.39 is 0 Å². The van der Waals surface area contributed by atoms with Crippen LogP contribution in [0.4, 0.5) is 0 Å². The van der Waals surface area contributed by atoms with Gasteiger partial charge in [0.2, 0.25) is 5.96 Å². The van der Waals surface area contributed by atoms with Crippen molar-refractivity contribution in [2.75, 3.05) is 0 Å². The predicted octanol–water partition coefficient (Wildman–Crippen LogP) is 1.49. The van der Waals surface area contributed by atoms with Gasteiger partial charge in [0.25, 0.3) is 0 Å². The van der Waals surface area contributed by atoms with Gasteiger partial charge < -0.3 is 11.5 Å². The summed E-state index contributed by atoms with van der Waals surface area (Å²) in [6.07, 6.45) is 6.97. The average Bonchev–Trinajstić information content (AvgIpc) is 3.01.